The average Bonchev–Trinajstić information content (AvgIpc) is 2.82. The monoisotopic (exact) mass is 409 g/mol. The predicted molar refractivity (Wildman–Crippen MR) is 110 cm³/mol. The fourth-order valence-corrected chi connectivity index (χ4v) is 4.20. The molecule has 0 saturated carbocycles. The van der Waals surface area contributed by atoms with E-state index >= 15 is 0 Å². The molecule has 0 radical (unpaired) electrons. The first-order chi connectivity index (χ1) is 12.0. The molecule has 1 aliphatic heterocycles. The number of nitrogens with zero attached hydrogens (tertiary/aromatic N) is 1. The van der Waals surface area contributed by atoms with Crippen LogP contribution in [-0.2, 0) is 4.79 Å². The number of thiocarbonyl (C=S) groups is 1. The highest BCUT2D eigenvalue weighted by atomic mass is 35.5. The molecule has 0 N–H and O–H groups in total. The summed E-state index contributed by atoms with van der Waals surface area (Å²) in [6.07, 6.45) is 1.74. The van der Waals surface area contributed by atoms with Gasteiger partial charge >= 0.3 is 0 Å². The van der Waals surface area contributed by atoms with Gasteiger partial charge in [0.25, 0.3) is 5.91 Å². The van der Waals surface area contributed by atoms with Crippen LogP contribution in [0.3, 0.4) is 0 Å². The van der Waals surface area contributed by atoms with Gasteiger partial charge in [-0.1, -0.05) is 47.2 Å². The zero-order valence-electron chi connectivity index (χ0n) is 13.2. The molecule has 3 nitrogen and oxygen atoms in total. The Hall–Kier alpha value is -1.53. The van der Waals surface area contributed by atoms with Crippen molar-refractivity contribution in [3.63, 3.8) is 0 Å². The summed E-state index contributed by atoms with van der Waals surface area (Å²) >= 11 is 18.6. The Bertz CT molecular complexity index is 846. The summed E-state index contributed by atoms with van der Waals surface area (Å²) in [4.78, 5) is 14.8. The highest BCUT2D eigenvalue weighted by Crippen LogP contribution is 2.37. The lowest BCUT2D eigenvalue weighted by atomic mass is 10.2. The van der Waals surface area contributed by atoms with E-state index in [1.54, 1.807) is 24.3 Å². The van der Waals surface area contributed by atoms with Crippen LogP contribution in [0.15, 0.2) is 47.4 Å². The number of benzene rings is 2. The first-order valence-corrected chi connectivity index (χ1v) is 9.43. The number of rotatable bonds is 4. The summed E-state index contributed by atoms with van der Waals surface area (Å²) in [5, 5.41) is 1.03. The van der Waals surface area contributed by atoms with Gasteiger partial charge in [-0.3, -0.25) is 9.69 Å². The maximum Gasteiger partial charge on any atom is 0.270 e. The molecule has 128 valence electrons. The molecule has 0 aliphatic carbocycles. The van der Waals surface area contributed by atoms with Gasteiger partial charge in [-0.05, 0) is 61.0 Å². The lowest BCUT2D eigenvalue weighted by molar-refractivity contribution is -0.113. The minimum atomic E-state index is -0.171. The van der Waals surface area contributed by atoms with E-state index in [2.05, 4.69) is 0 Å². The number of halogens is 2. The Labute approximate surface area is 165 Å². The molecular formula is C18H13Cl2NO2S2. The minimum Gasteiger partial charge on any atom is -0.494 e. The fourth-order valence-electron chi connectivity index (χ4n) is 2.36. The molecule has 2 aromatic carbocycles. The van der Waals surface area contributed by atoms with E-state index < -0.39 is 0 Å². The summed E-state index contributed by atoms with van der Waals surface area (Å²) in [6.45, 7) is 2.51. The lowest BCUT2D eigenvalue weighted by Gasteiger charge is -2.15. The van der Waals surface area contributed by atoms with Crippen LogP contribution in [0.5, 0.6) is 5.75 Å². The first-order valence-electron chi connectivity index (χ1n) is 7.45. The zero-order chi connectivity index (χ0) is 18.0. The van der Waals surface area contributed by atoms with Crippen molar-refractivity contribution in [2.45, 2.75) is 6.92 Å². The number of hydrogen-bond donors (Lipinski definition) is 0. The molecule has 3 rings (SSSR count). The summed E-state index contributed by atoms with van der Waals surface area (Å²) in [5.41, 5.74) is 1.46. The summed E-state index contributed by atoms with van der Waals surface area (Å²) in [5.74, 6) is 0.580. The Morgan fingerprint density at radius 3 is 2.40 bits per heavy atom. The van der Waals surface area contributed by atoms with Gasteiger partial charge < -0.3 is 4.74 Å². The van der Waals surface area contributed by atoms with Crippen molar-refractivity contribution in [1.29, 1.82) is 0 Å². The van der Waals surface area contributed by atoms with E-state index in [0.717, 1.165) is 11.3 Å². The van der Waals surface area contributed by atoms with Gasteiger partial charge in [0.1, 0.15) is 5.75 Å². The van der Waals surface area contributed by atoms with E-state index in [-0.39, 0.29) is 5.91 Å². The lowest BCUT2D eigenvalue weighted by Crippen LogP contribution is -2.27. The van der Waals surface area contributed by atoms with Crippen LogP contribution in [-0.4, -0.2) is 16.8 Å². The smallest absolute Gasteiger partial charge is 0.270 e. The van der Waals surface area contributed by atoms with E-state index in [4.69, 9.17) is 40.2 Å². The Balaban J connectivity index is 1.88. The van der Waals surface area contributed by atoms with Gasteiger partial charge in [0, 0.05) is 10.0 Å². The highest BCUT2D eigenvalue weighted by Gasteiger charge is 2.33. The predicted octanol–water partition coefficient (Wildman–Crippen LogP) is 5.80. The van der Waals surface area contributed by atoms with Gasteiger partial charge in [0.15, 0.2) is 4.32 Å². The second kappa shape index (κ2) is 7.79. The number of hydrogen-bond acceptors (Lipinski definition) is 4. The Morgan fingerprint density at radius 2 is 1.80 bits per heavy atom. The van der Waals surface area contributed by atoms with Crippen LogP contribution in [0, 0.1) is 0 Å². The molecule has 0 unspecified atom stereocenters. The average molecular weight is 410 g/mol. The van der Waals surface area contributed by atoms with Crippen molar-refractivity contribution in [3.05, 3.63) is 63.0 Å². The maximum atomic E-state index is 12.8. The number of carbonyl (C=O) groups is 1. The molecule has 0 bridgehead atoms. The number of anilines is 1. The molecule has 1 saturated heterocycles. The molecule has 0 atom stereocenters. The van der Waals surface area contributed by atoms with Gasteiger partial charge in [-0.2, -0.15) is 0 Å². The molecule has 0 aromatic heterocycles. The molecule has 1 fully saturated rings. The van der Waals surface area contributed by atoms with E-state index in [1.165, 1.54) is 16.7 Å². The highest BCUT2D eigenvalue weighted by molar-refractivity contribution is 8.27. The third-order valence-corrected chi connectivity index (χ3v) is 5.12. The van der Waals surface area contributed by atoms with Crippen molar-refractivity contribution < 1.29 is 9.53 Å². The zero-order valence-corrected chi connectivity index (χ0v) is 16.3. The van der Waals surface area contributed by atoms with Crippen molar-refractivity contribution >= 4 is 69.2 Å². The van der Waals surface area contributed by atoms with Crippen LogP contribution in [0.4, 0.5) is 5.69 Å². The molecule has 1 amide bonds. The molecule has 25 heavy (non-hydrogen) atoms. The first kappa shape index (κ1) is 18.3. The molecule has 1 heterocycles. The van der Waals surface area contributed by atoms with Gasteiger partial charge in [0.2, 0.25) is 0 Å². The Kier molecular flexibility index (Phi) is 5.69. The Morgan fingerprint density at radius 1 is 1.16 bits per heavy atom. The standard InChI is InChI=1S/C18H13Cl2NO2S2/c1-2-23-15-5-3-14(4-6-15)21-17(22)16(25-18(21)24)9-11-7-12(19)10-13(20)8-11/h3-10H,2H2,1H3/b16-9-. The van der Waals surface area contributed by atoms with Crippen LogP contribution >= 0.6 is 47.2 Å². The number of carbonyl (C=O) groups excluding carboxylic acids is 1. The fraction of sp³-hybridized carbons (Fsp3) is 0.111. The summed E-state index contributed by atoms with van der Waals surface area (Å²) in [6, 6.07) is 12.4. The second-order valence-corrected chi connectivity index (χ2v) is 7.70. The topological polar surface area (TPSA) is 29.5 Å². The third-order valence-electron chi connectivity index (χ3n) is 3.38. The number of amides is 1. The van der Waals surface area contributed by atoms with Crippen LogP contribution in [0.2, 0.25) is 10.0 Å². The van der Waals surface area contributed by atoms with Gasteiger partial charge in [-0.25, -0.2) is 0 Å². The van der Waals surface area contributed by atoms with Crippen molar-refractivity contribution in [3.8, 4) is 5.75 Å². The normalized spacial score (nSPS) is 16.0. The SMILES string of the molecule is CCOc1ccc(N2C(=O)/C(=C/c3cc(Cl)cc(Cl)c3)SC2=S)cc1. The van der Waals surface area contributed by atoms with Crippen molar-refractivity contribution in [2.75, 3.05) is 11.5 Å². The summed E-state index contributed by atoms with van der Waals surface area (Å²) in [7, 11) is 0. The van der Waals surface area contributed by atoms with Crippen LogP contribution in [0.1, 0.15) is 12.5 Å². The second-order valence-electron chi connectivity index (χ2n) is 5.15. The van der Waals surface area contributed by atoms with E-state index in [0.29, 0.717) is 31.6 Å². The van der Waals surface area contributed by atoms with Gasteiger partial charge in [0.05, 0.1) is 17.2 Å². The van der Waals surface area contributed by atoms with Crippen LogP contribution < -0.4 is 9.64 Å². The molecular weight excluding hydrogens is 397 g/mol. The largest absolute Gasteiger partial charge is 0.494 e. The number of thioether (sulfide) groups is 1. The molecule has 2 aromatic rings. The van der Waals surface area contributed by atoms with Crippen LogP contribution in [0.25, 0.3) is 6.08 Å². The molecule has 7 heteroatoms. The molecule has 0 spiro atoms. The maximum absolute atomic E-state index is 12.8. The summed E-state index contributed by atoms with van der Waals surface area (Å²) < 4.78 is 5.90. The van der Waals surface area contributed by atoms with Gasteiger partial charge in [-0.15, -0.1) is 0 Å². The van der Waals surface area contributed by atoms with Crippen molar-refractivity contribution in [1.82, 2.24) is 0 Å². The number of ether oxygens (including phenoxy) is 1. The van der Waals surface area contributed by atoms with E-state index in [9.17, 15) is 4.79 Å². The third kappa shape index (κ3) is 4.18. The van der Waals surface area contributed by atoms with E-state index in [1.807, 2.05) is 31.2 Å². The minimum absolute atomic E-state index is 0.171. The van der Waals surface area contributed by atoms with Crippen molar-refractivity contribution in [2.24, 2.45) is 0 Å². The molecule has 1 aliphatic rings. The quantitative estimate of drug-likeness (QED) is 0.471.